The van der Waals surface area contributed by atoms with Crippen LogP contribution in [0.25, 0.3) is 0 Å². The van der Waals surface area contributed by atoms with Gasteiger partial charge in [0.25, 0.3) is 0 Å². The fraction of sp³-hybridized carbons (Fsp3) is 0.600. The van der Waals surface area contributed by atoms with Crippen LogP contribution in [0.1, 0.15) is 19.7 Å². The van der Waals surface area contributed by atoms with E-state index in [4.69, 9.17) is 4.74 Å². The Hall–Kier alpha value is -1.49. The number of carbonyl (C=O) groups is 1. The minimum Gasteiger partial charge on any atom is -0.379 e. The third-order valence-corrected chi connectivity index (χ3v) is 5.66. The molecule has 1 fully saturated rings. The van der Waals surface area contributed by atoms with Gasteiger partial charge in [0.1, 0.15) is 5.82 Å². The molecule has 1 aliphatic rings. The average molecular weight is 383 g/mol. The molecule has 0 saturated carbocycles. The highest BCUT2D eigenvalue weighted by Crippen LogP contribution is 2.24. The van der Waals surface area contributed by atoms with Crippen molar-refractivity contribution in [2.75, 3.05) is 31.6 Å². The van der Waals surface area contributed by atoms with Crippen molar-refractivity contribution >= 4 is 34.1 Å². The minimum absolute atomic E-state index is 0.0830. The summed E-state index contributed by atoms with van der Waals surface area (Å²) in [6, 6.07) is 0. The van der Waals surface area contributed by atoms with Crippen LogP contribution >= 0.6 is 23.1 Å². The van der Waals surface area contributed by atoms with Gasteiger partial charge in [0, 0.05) is 31.2 Å². The van der Waals surface area contributed by atoms with Crippen LogP contribution in [0.15, 0.2) is 16.7 Å². The molecule has 0 spiro atoms. The van der Waals surface area contributed by atoms with Gasteiger partial charge >= 0.3 is 0 Å². The van der Waals surface area contributed by atoms with Gasteiger partial charge in [-0.25, -0.2) is 4.98 Å². The van der Waals surface area contributed by atoms with Crippen molar-refractivity contribution in [1.82, 2.24) is 24.6 Å². The molecule has 0 aromatic carbocycles. The molecule has 8 nitrogen and oxygen atoms in total. The lowest BCUT2D eigenvalue weighted by Crippen LogP contribution is -2.36. The van der Waals surface area contributed by atoms with Gasteiger partial charge in [-0.3, -0.25) is 9.69 Å². The first-order valence-electron chi connectivity index (χ1n) is 8.26. The largest absolute Gasteiger partial charge is 0.379 e. The van der Waals surface area contributed by atoms with Gasteiger partial charge < -0.3 is 14.6 Å². The Morgan fingerprint density at radius 3 is 2.92 bits per heavy atom. The zero-order valence-electron chi connectivity index (χ0n) is 14.3. The summed E-state index contributed by atoms with van der Waals surface area (Å²) in [6.07, 6.45) is 1.67. The Morgan fingerprint density at radius 2 is 2.24 bits per heavy atom. The number of hydrogen-bond acceptors (Lipinski definition) is 8. The number of ether oxygens (including phenoxy) is 1. The lowest BCUT2D eigenvalue weighted by atomic mass is 10.4. The molecule has 1 amide bonds. The zero-order valence-corrected chi connectivity index (χ0v) is 16.0. The van der Waals surface area contributed by atoms with E-state index >= 15 is 0 Å². The van der Waals surface area contributed by atoms with E-state index in [-0.39, 0.29) is 11.2 Å². The second-order valence-corrected chi connectivity index (χ2v) is 7.82. The molecule has 1 aliphatic heterocycles. The maximum atomic E-state index is 12.3. The molecule has 10 heteroatoms. The van der Waals surface area contributed by atoms with Gasteiger partial charge in [0.15, 0.2) is 10.3 Å². The van der Waals surface area contributed by atoms with E-state index in [9.17, 15) is 4.79 Å². The number of hydrogen-bond donors (Lipinski definition) is 1. The molecule has 0 radical (unpaired) electrons. The Kier molecular flexibility index (Phi) is 6.40. The predicted molar refractivity (Wildman–Crippen MR) is 97.9 cm³/mol. The van der Waals surface area contributed by atoms with Crippen LogP contribution in [0.4, 0.5) is 5.13 Å². The minimum atomic E-state index is -0.283. The number of aromatic nitrogens is 4. The zero-order chi connectivity index (χ0) is 17.6. The molecule has 0 unspecified atom stereocenters. The number of nitrogens with one attached hydrogen (secondary N) is 1. The van der Waals surface area contributed by atoms with Gasteiger partial charge in [-0.2, -0.15) is 0 Å². The summed E-state index contributed by atoms with van der Waals surface area (Å²) in [4.78, 5) is 18.7. The summed E-state index contributed by atoms with van der Waals surface area (Å²) in [7, 11) is 0. The molecule has 136 valence electrons. The van der Waals surface area contributed by atoms with Crippen molar-refractivity contribution in [2.24, 2.45) is 0 Å². The van der Waals surface area contributed by atoms with Crippen LogP contribution in [0, 0.1) is 0 Å². The highest BCUT2D eigenvalue weighted by Gasteiger charge is 2.21. The SMILES string of the molecule is CCn1c(CN2CCOCC2)nnc1S[C@@H](C)C(=O)Nc1nccs1. The number of carbonyl (C=O) groups excluding carboxylic acids is 1. The lowest BCUT2D eigenvalue weighted by molar-refractivity contribution is -0.115. The fourth-order valence-electron chi connectivity index (χ4n) is 2.50. The number of morpholine rings is 1. The molecule has 2 aromatic heterocycles. The maximum absolute atomic E-state index is 12.3. The first kappa shape index (κ1) is 18.3. The lowest BCUT2D eigenvalue weighted by Gasteiger charge is -2.26. The van der Waals surface area contributed by atoms with Crippen LogP contribution in [0.5, 0.6) is 0 Å². The second-order valence-electron chi connectivity index (χ2n) is 5.62. The first-order chi connectivity index (χ1) is 12.2. The van der Waals surface area contributed by atoms with Crippen LogP contribution < -0.4 is 5.32 Å². The number of thioether (sulfide) groups is 1. The smallest absolute Gasteiger partial charge is 0.239 e. The van der Waals surface area contributed by atoms with Crippen molar-refractivity contribution < 1.29 is 9.53 Å². The maximum Gasteiger partial charge on any atom is 0.239 e. The monoisotopic (exact) mass is 382 g/mol. The molecule has 3 heterocycles. The fourth-order valence-corrected chi connectivity index (χ4v) is 3.97. The Balaban J connectivity index is 1.62. The van der Waals surface area contributed by atoms with Gasteiger partial charge in [-0.15, -0.1) is 21.5 Å². The van der Waals surface area contributed by atoms with Crippen LogP contribution in [-0.4, -0.2) is 62.1 Å². The van der Waals surface area contributed by atoms with Crippen molar-refractivity contribution in [2.45, 2.75) is 37.3 Å². The molecule has 1 N–H and O–H groups in total. The summed E-state index contributed by atoms with van der Waals surface area (Å²) >= 11 is 2.82. The number of amides is 1. The summed E-state index contributed by atoms with van der Waals surface area (Å²) in [6.45, 7) is 8.80. The normalized spacial score (nSPS) is 16.7. The molecule has 25 heavy (non-hydrogen) atoms. The standard InChI is InChI=1S/C15H22N6O2S2/c1-3-21-12(10-20-5-7-23-8-6-20)18-19-15(21)25-11(2)13(22)17-14-16-4-9-24-14/h4,9,11H,3,5-8,10H2,1-2H3,(H,16,17,22)/t11-/m0/s1. The summed E-state index contributed by atoms with van der Waals surface area (Å²) in [5.41, 5.74) is 0. The molecule has 0 bridgehead atoms. The highest BCUT2D eigenvalue weighted by atomic mass is 32.2. The van der Waals surface area contributed by atoms with E-state index in [0.717, 1.165) is 50.4 Å². The van der Waals surface area contributed by atoms with Crippen molar-refractivity contribution in [1.29, 1.82) is 0 Å². The van der Waals surface area contributed by atoms with Gasteiger partial charge in [-0.1, -0.05) is 11.8 Å². The van der Waals surface area contributed by atoms with Crippen LogP contribution in [0.2, 0.25) is 0 Å². The Morgan fingerprint density at radius 1 is 1.44 bits per heavy atom. The Bertz CT molecular complexity index is 684. The number of nitrogens with zero attached hydrogens (tertiary/aromatic N) is 5. The Labute approximate surface area is 155 Å². The van der Waals surface area contributed by atoms with E-state index in [1.807, 2.05) is 12.3 Å². The van der Waals surface area contributed by atoms with E-state index in [2.05, 4.69) is 36.9 Å². The van der Waals surface area contributed by atoms with Crippen molar-refractivity contribution in [3.8, 4) is 0 Å². The molecular weight excluding hydrogens is 360 g/mol. The quantitative estimate of drug-likeness (QED) is 0.730. The summed E-state index contributed by atoms with van der Waals surface area (Å²) in [5, 5.41) is 14.4. The molecule has 0 aliphatic carbocycles. The molecule has 2 aromatic rings. The molecule has 1 saturated heterocycles. The molecule has 1 atom stereocenters. The number of thiazole rings is 1. The third kappa shape index (κ3) is 4.78. The highest BCUT2D eigenvalue weighted by molar-refractivity contribution is 8.00. The number of rotatable bonds is 7. The molecule has 3 rings (SSSR count). The second kappa shape index (κ2) is 8.75. The van der Waals surface area contributed by atoms with E-state index < -0.39 is 0 Å². The van der Waals surface area contributed by atoms with E-state index in [1.165, 1.54) is 23.1 Å². The van der Waals surface area contributed by atoms with Crippen molar-refractivity contribution in [3.63, 3.8) is 0 Å². The average Bonchev–Trinajstić information content (AvgIpc) is 3.25. The van der Waals surface area contributed by atoms with Crippen LogP contribution in [0.3, 0.4) is 0 Å². The van der Waals surface area contributed by atoms with Crippen molar-refractivity contribution in [3.05, 3.63) is 17.4 Å². The van der Waals surface area contributed by atoms with Gasteiger partial charge in [0.05, 0.1) is 25.0 Å². The summed E-state index contributed by atoms with van der Waals surface area (Å²) < 4.78 is 7.46. The number of anilines is 1. The summed E-state index contributed by atoms with van der Waals surface area (Å²) in [5.74, 6) is 0.847. The van der Waals surface area contributed by atoms with Gasteiger partial charge in [0.2, 0.25) is 5.91 Å². The van der Waals surface area contributed by atoms with Crippen LogP contribution in [-0.2, 0) is 22.6 Å². The van der Waals surface area contributed by atoms with Gasteiger partial charge in [-0.05, 0) is 13.8 Å². The molecular formula is C15H22N6O2S2. The topological polar surface area (TPSA) is 85.2 Å². The predicted octanol–water partition coefficient (Wildman–Crippen LogP) is 1.71. The van der Waals surface area contributed by atoms with E-state index in [1.54, 1.807) is 6.20 Å². The first-order valence-corrected chi connectivity index (χ1v) is 10.0. The van der Waals surface area contributed by atoms with E-state index in [0.29, 0.717) is 5.13 Å². The third-order valence-electron chi connectivity index (χ3n) is 3.89.